The van der Waals surface area contributed by atoms with Gasteiger partial charge in [0.2, 0.25) is 0 Å². The molecule has 0 bridgehead atoms. The number of aromatic nitrogens is 2. The Bertz CT molecular complexity index is 573. The lowest BCUT2D eigenvalue weighted by Crippen LogP contribution is -2.35. The summed E-state index contributed by atoms with van der Waals surface area (Å²) in [6, 6.07) is 10.2. The van der Waals surface area contributed by atoms with E-state index in [9.17, 15) is 0 Å². The summed E-state index contributed by atoms with van der Waals surface area (Å²) in [5, 5.41) is 7.67. The monoisotopic (exact) mass is 255 g/mol. The molecule has 0 amide bonds. The number of benzene rings is 1. The van der Waals surface area contributed by atoms with Crippen LogP contribution in [0, 0.1) is 0 Å². The van der Waals surface area contributed by atoms with Gasteiger partial charge in [-0.25, -0.2) is 4.68 Å². The number of para-hydroxylation sites is 1. The van der Waals surface area contributed by atoms with Gasteiger partial charge in [0.05, 0.1) is 12.2 Å². The summed E-state index contributed by atoms with van der Waals surface area (Å²) in [4.78, 5) is 6.57. The van der Waals surface area contributed by atoms with E-state index in [0.717, 1.165) is 31.3 Å². The van der Waals surface area contributed by atoms with Gasteiger partial charge in [0.1, 0.15) is 0 Å². The molecule has 1 aliphatic heterocycles. The number of rotatable bonds is 3. The molecule has 0 aliphatic carbocycles. The summed E-state index contributed by atoms with van der Waals surface area (Å²) >= 11 is 0. The van der Waals surface area contributed by atoms with E-state index in [2.05, 4.69) is 39.5 Å². The van der Waals surface area contributed by atoms with E-state index < -0.39 is 0 Å². The van der Waals surface area contributed by atoms with E-state index in [1.807, 2.05) is 29.1 Å². The van der Waals surface area contributed by atoms with Crippen LogP contribution in [0.4, 0.5) is 0 Å². The first kappa shape index (κ1) is 11.8. The van der Waals surface area contributed by atoms with Gasteiger partial charge in [0.15, 0.2) is 5.96 Å². The maximum atomic E-state index is 4.43. The fraction of sp³-hybridized carbons (Fsp3) is 0.286. The van der Waals surface area contributed by atoms with Crippen molar-refractivity contribution in [2.45, 2.75) is 6.54 Å². The van der Waals surface area contributed by atoms with Crippen LogP contribution in [0.15, 0.2) is 47.7 Å². The molecule has 5 nitrogen and oxygen atoms in total. The molecule has 0 saturated carbocycles. The van der Waals surface area contributed by atoms with Crippen molar-refractivity contribution in [2.75, 3.05) is 20.1 Å². The Morgan fingerprint density at radius 1 is 1.26 bits per heavy atom. The average Bonchev–Trinajstić information content (AvgIpc) is 3.08. The lowest BCUT2D eigenvalue weighted by atomic mass is 10.2. The zero-order valence-electron chi connectivity index (χ0n) is 11.0. The number of hydrogen-bond donors (Lipinski definition) is 1. The third-order valence-corrected chi connectivity index (χ3v) is 3.24. The minimum absolute atomic E-state index is 0.749. The quantitative estimate of drug-likeness (QED) is 0.898. The van der Waals surface area contributed by atoms with E-state index in [-0.39, 0.29) is 0 Å². The molecule has 19 heavy (non-hydrogen) atoms. The first-order valence-electron chi connectivity index (χ1n) is 6.42. The average molecular weight is 255 g/mol. The third kappa shape index (κ3) is 2.45. The predicted octanol–water partition coefficient (Wildman–Crippen LogP) is 1.26. The third-order valence-electron chi connectivity index (χ3n) is 3.24. The molecular weight excluding hydrogens is 238 g/mol. The van der Waals surface area contributed by atoms with Gasteiger partial charge in [-0.2, -0.15) is 5.10 Å². The van der Waals surface area contributed by atoms with Crippen LogP contribution >= 0.6 is 0 Å². The van der Waals surface area contributed by atoms with Gasteiger partial charge in [0, 0.05) is 32.5 Å². The topological polar surface area (TPSA) is 45.5 Å². The van der Waals surface area contributed by atoms with E-state index >= 15 is 0 Å². The molecule has 2 aromatic rings. The van der Waals surface area contributed by atoms with Crippen LogP contribution in [-0.4, -0.2) is 40.8 Å². The molecule has 0 spiro atoms. The van der Waals surface area contributed by atoms with Crippen molar-refractivity contribution in [2.24, 2.45) is 4.99 Å². The standard InChI is InChI=1S/C14H17N5/c1-18-10-8-15-14(18)16-11-12-5-2-3-6-13(12)19-9-4-7-17-19/h2-7,9H,8,10-11H2,1H3,(H,15,16). The highest BCUT2D eigenvalue weighted by Gasteiger charge is 2.12. The molecule has 0 unspecified atom stereocenters. The fourth-order valence-electron chi connectivity index (χ4n) is 2.19. The minimum atomic E-state index is 0.749. The highest BCUT2D eigenvalue weighted by atomic mass is 15.3. The van der Waals surface area contributed by atoms with E-state index in [1.54, 1.807) is 6.20 Å². The smallest absolute Gasteiger partial charge is 0.194 e. The molecule has 0 fully saturated rings. The summed E-state index contributed by atoms with van der Waals surface area (Å²) in [5.74, 6) is 0.968. The van der Waals surface area contributed by atoms with Gasteiger partial charge in [0.25, 0.3) is 0 Å². The first-order chi connectivity index (χ1) is 9.34. The van der Waals surface area contributed by atoms with E-state index in [0.29, 0.717) is 0 Å². The molecule has 1 aromatic carbocycles. The summed E-state index contributed by atoms with van der Waals surface area (Å²) in [7, 11) is 2.05. The second-order valence-electron chi connectivity index (χ2n) is 4.56. The van der Waals surface area contributed by atoms with Crippen molar-refractivity contribution < 1.29 is 0 Å². The van der Waals surface area contributed by atoms with Crippen LogP contribution in [0.1, 0.15) is 5.56 Å². The Hall–Kier alpha value is -2.30. The SMILES string of the molecule is CN1CCN=C1NCc1ccccc1-n1cccn1. The van der Waals surface area contributed by atoms with Crippen LogP contribution < -0.4 is 5.32 Å². The highest BCUT2D eigenvalue weighted by molar-refractivity contribution is 5.81. The van der Waals surface area contributed by atoms with Crippen molar-refractivity contribution in [3.8, 4) is 5.69 Å². The second kappa shape index (κ2) is 5.14. The number of nitrogens with one attached hydrogen (secondary N) is 1. The molecule has 2 heterocycles. The Labute approximate surface area is 112 Å². The lowest BCUT2D eigenvalue weighted by molar-refractivity contribution is 0.534. The Morgan fingerprint density at radius 2 is 2.16 bits per heavy atom. The van der Waals surface area contributed by atoms with Gasteiger partial charge in [-0.15, -0.1) is 0 Å². The van der Waals surface area contributed by atoms with Crippen LogP contribution in [0.3, 0.4) is 0 Å². The minimum Gasteiger partial charge on any atom is -0.352 e. The summed E-state index contributed by atoms with van der Waals surface area (Å²) in [6.07, 6.45) is 3.75. The molecule has 5 heteroatoms. The zero-order valence-corrected chi connectivity index (χ0v) is 11.0. The molecule has 0 atom stereocenters. The maximum Gasteiger partial charge on any atom is 0.194 e. The normalized spacial score (nSPS) is 14.6. The summed E-state index contributed by atoms with van der Waals surface area (Å²) < 4.78 is 1.89. The zero-order chi connectivity index (χ0) is 13.1. The maximum absolute atomic E-state index is 4.43. The van der Waals surface area contributed by atoms with Gasteiger partial charge >= 0.3 is 0 Å². The molecule has 1 aromatic heterocycles. The van der Waals surface area contributed by atoms with Gasteiger partial charge in [-0.05, 0) is 17.7 Å². The highest BCUT2D eigenvalue weighted by Crippen LogP contribution is 2.13. The van der Waals surface area contributed by atoms with Crippen LogP contribution in [-0.2, 0) is 6.54 Å². The number of hydrogen-bond acceptors (Lipinski definition) is 4. The number of aliphatic imine (C=N–C) groups is 1. The van der Waals surface area contributed by atoms with Crippen molar-refractivity contribution in [1.82, 2.24) is 20.0 Å². The lowest BCUT2D eigenvalue weighted by Gasteiger charge is -2.16. The molecule has 1 aliphatic rings. The molecule has 0 radical (unpaired) electrons. The van der Waals surface area contributed by atoms with Crippen LogP contribution in [0.2, 0.25) is 0 Å². The van der Waals surface area contributed by atoms with Gasteiger partial charge in [-0.3, -0.25) is 4.99 Å². The number of guanidine groups is 1. The fourth-order valence-corrected chi connectivity index (χ4v) is 2.19. The largest absolute Gasteiger partial charge is 0.352 e. The second-order valence-corrected chi connectivity index (χ2v) is 4.56. The van der Waals surface area contributed by atoms with E-state index in [1.165, 1.54) is 5.56 Å². The molecule has 98 valence electrons. The van der Waals surface area contributed by atoms with Crippen LogP contribution in [0.5, 0.6) is 0 Å². The van der Waals surface area contributed by atoms with Crippen molar-refractivity contribution in [3.63, 3.8) is 0 Å². The first-order valence-corrected chi connectivity index (χ1v) is 6.42. The predicted molar refractivity (Wildman–Crippen MR) is 75.3 cm³/mol. The van der Waals surface area contributed by atoms with Crippen molar-refractivity contribution in [3.05, 3.63) is 48.3 Å². The summed E-state index contributed by atoms with van der Waals surface area (Å²) in [6.45, 7) is 2.61. The Balaban J connectivity index is 1.78. The Morgan fingerprint density at radius 3 is 2.89 bits per heavy atom. The molecule has 3 rings (SSSR count). The molecular formula is C14H17N5. The van der Waals surface area contributed by atoms with Gasteiger partial charge < -0.3 is 10.2 Å². The molecule has 1 N–H and O–H groups in total. The molecule has 0 saturated heterocycles. The number of nitrogens with zero attached hydrogens (tertiary/aromatic N) is 4. The van der Waals surface area contributed by atoms with Crippen molar-refractivity contribution >= 4 is 5.96 Å². The number of likely N-dealkylation sites (N-methyl/N-ethyl adjacent to an activating group) is 1. The van der Waals surface area contributed by atoms with Gasteiger partial charge in [-0.1, -0.05) is 18.2 Å². The van der Waals surface area contributed by atoms with Crippen LogP contribution in [0.25, 0.3) is 5.69 Å². The van der Waals surface area contributed by atoms with Crippen molar-refractivity contribution in [1.29, 1.82) is 0 Å². The summed E-state index contributed by atoms with van der Waals surface area (Å²) in [5.41, 5.74) is 2.30. The Kier molecular flexibility index (Phi) is 3.18. The van der Waals surface area contributed by atoms with E-state index in [4.69, 9.17) is 0 Å².